The first-order valence-corrected chi connectivity index (χ1v) is 3.67. The minimum absolute atomic E-state index is 0.0530. The maximum atomic E-state index is 12.5. The predicted molar refractivity (Wildman–Crippen MR) is 43.8 cm³/mol. The third-order valence-electron chi connectivity index (χ3n) is 1.61. The summed E-state index contributed by atoms with van der Waals surface area (Å²) in [7, 11) is 1.25. The zero-order chi connectivity index (χ0) is 9.84. The number of esters is 1. The van der Waals surface area contributed by atoms with Gasteiger partial charge in [0.2, 0.25) is 0 Å². The standard InChI is InChI=1S/C9H9FO3/c1-13-9(12)4-6-2-3-7(10)5-8(6)11/h2-3,5,11H,4H2,1H3. The fraction of sp³-hybridized carbons (Fsp3) is 0.222. The van der Waals surface area contributed by atoms with Crippen molar-refractivity contribution in [3.8, 4) is 5.75 Å². The predicted octanol–water partition coefficient (Wildman–Crippen LogP) is 1.25. The number of phenols is 1. The van der Waals surface area contributed by atoms with Crippen LogP contribution in [-0.2, 0) is 16.0 Å². The Kier molecular flexibility index (Phi) is 2.84. The molecule has 0 aliphatic rings. The first-order valence-electron chi connectivity index (χ1n) is 3.67. The van der Waals surface area contributed by atoms with Crippen LogP contribution in [-0.4, -0.2) is 18.2 Å². The van der Waals surface area contributed by atoms with Gasteiger partial charge in [-0.3, -0.25) is 4.79 Å². The summed E-state index contributed by atoms with van der Waals surface area (Å²) in [5, 5.41) is 9.19. The Balaban J connectivity index is 2.83. The molecule has 0 atom stereocenters. The van der Waals surface area contributed by atoms with E-state index in [-0.39, 0.29) is 12.2 Å². The van der Waals surface area contributed by atoms with Crippen LogP contribution in [0.4, 0.5) is 4.39 Å². The van der Waals surface area contributed by atoms with Crippen molar-refractivity contribution in [2.24, 2.45) is 0 Å². The Morgan fingerprint density at radius 1 is 1.62 bits per heavy atom. The van der Waals surface area contributed by atoms with Gasteiger partial charge >= 0.3 is 5.97 Å². The minimum Gasteiger partial charge on any atom is -0.508 e. The van der Waals surface area contributed by atoms with Gasteiger partial charge in [0.15, 0.2) is 0 Å². The molecule has 0 heterocycles. The largest absolute Gasteiger partial charge is 0.508 e. The Bertz CT molecular complexity index is 323. The van der Waals surface area contributed by atoms with Crippen molar-refractivity contribution in [2.45, 2.75) is 6.42 Å². The highest BCUT2D eigenvalue weighted by Crippen LogP contribution is 2.18. The molecular formula is C9H9FO3. The Labute approximate surface area is 74.8 Å². The zero-order valence-corrected chi connectivity index (χ0v) is 7.08. The molecule has 0 unspecified atom stereocenters. The summed E-state index contributed by atoms with van der Waals surface area (Å²) in [6.45, 7) is 0. The van der Waals surface area contributed by atoms with E-state index >= 15 is 0 Å². The second-order valence-electron chi connectivity index (χ2n) is 2.53. The number of hydrogen-bond donors (Lipinski definition) is 1. The fourth-order valence-corrected chi connectivity index (χ4v) is 0.914. The van der Waals surface area contributed by atoms with Crippen LogP contribution in [0.15, 0.2) is 18.2 Å². The SMILES string of the molecule is COC(=O)Cc1ccc(F)cc1O. The second-order valence-corrected chi connectivity index (χ2v) is 2.53. The molecule has 0 saturated carbocycles. The highest BCUT2D eigenvalue weighted by molar-refractivity contribution is 5.73. The lowest BCUT2D eigenvalue weighted by atomic mass is 10.1. The third-order valence-corrected chi connectivity index (χ3v) is 1.61. The molecule has 1 rings (SSSR count). The van der Waals surface area contributed by atoms with Crippen LogP contribution in [0.2, 0.25) is 0 Å². The minimum atomic E-state index is -0.536. The topological polar surface area (TPSA) is 46.5 Å². The Morgan fingerprint density at radius 2 is 2.31 bits per heavy atom. The quantitative estimate of drug-likeness (QED) is 0.703. The van der Waals surface area contributed by atoms with Crippen molar-refractivity contribution in [3.05, 3.63) is 29.6 Å². The van der Waals surface area contributed by atoms with Gasteiger partial charge in [-0.05, 0) is 6.07 Å². The molecule has 0 saturated heterocycles. The maximum Gasteiger partial charge on any atom is 0.310 e. The molecule has 0 bridgehead atoms. The van der Waals surface area contributed by atoms with Crippen molar-refractivity contribution in [2.75, 3.05) is 7.11 Å². The molecule has 0 amide bonds. The number of aromatic hydroxyl groups is 1. The summed E-state index contributed by atoms with van der Waals surface area (Å²) in [4.78, 5) is 10.8. The average Bonchev–Trinajstić information content (AvgIpc) is 2.09. The molecule has 0 aliphatic heterocycles. The molecule has 1 N–H and O–H groups in total. The highest BCUT2D eigenvalue weighted by Gasteiger charge is 2.07. The van der Waals surface area contributed by atoms with Crippen LogP contribution in [0.3, 0.4) is 0 Å². The van der Waals surface area contributed by atoms with E-state index in [1.165, 1.54) is 19.2 Å². The molecule has 0 spiro atoms. The number of rotatable bonds is 2. The lowest BCUT2D eigenvalue weighted by molar-refractivity contribution is -0.139. The van der Waals surface area contributed by atoms with Gasteiger partial charge < -0.3 is 9.84 Å². The van der Waals surface area contributed by atoms with Crippen LogP contribution in [0, 0.1) is 5.82 Å². The van der Waals surface area contributed by atoms with Crippen molar-refractivity contribution >= 4 is 5.97 Å². The van der Waals surface area contributed by atoms with Crippen LogP contribution in [0.5, 0.6) is 5.75 Å². The molecule has 13 heavy (non-hydrogen) atoms. The van der Waals surface area contributed by atoms with Gasteiger partial charge in [-0.25, -0.2) is 4.39 Å². The van der Waals surface area contributed by atoms with Gasteiger partial charge in [-0.2, -0.15) is 0 Å². The van der Waals surface area contributed by atoms with Crippen molar-refractivity contribution < 1.29 is 19.0 Å². The summed E-state index contributed by atoms with van der Waals surface area (Å²) in [6.07, 6.45) is -0.0530. The first kappa shape index (κ1) is 9.51. The number of carbonyl (C=O) groups is 1. The number of halogens is 1. The lowest BCUT2D eigenvalue weighted by Crippen LogP contribution is -2.04. The van der Waals surface area contributed by atoms with E-state index in [1.807, 2.05) is 0 Å². The van der Waals surface area contributed by atoms with Crippen LogP contribution in [0.25, 0.3) is 0 Å². The maximum absolute atomic E-state index is 12.5. The molecule has 70 valence electrons. The van der Waals surface area contributed by atoms with Crippen LogP contribution in [0.1, 0.15) is 5.56 Å². The molecule has 0 fully saturated rings. The summed E-state index contributed by atoms with van der Waals surface area (Å²) in [6, 6.07) is 3.48. The van der Waals surface area contributed by atoms with Crippen molar-refractivity contribution in [1.82, 2.24) is 0 Å². The summed E-state index contributed by atoms with van der Waals surface area (Å²) in [5.41, 5.74) is 0.355. The molecule has 3 nitrogen and oxygen atoms in total. The number of hydrogen-bond acceptors (Lipinski definition) is 3. The van der Waals surface area contributed by atoms with Gasteiger partial charge in [0.1, 0.15) is 11.6 Å². The van der Waals surface area contributed by atoms with Crippen molar-refractivity contribution in [1.29, 1.82) is 0 Å². The first-order chi connectivity index (χ1) is 6.13. The molecule has 1 aromatic rings. The molecule has 0 aliphatic carbocycles. The summed E-state index contributed by atoms with van der Waals surface area (Å²) < 4.78 is 16.9. The van der Waals surface area contributed by atoms with Crippen LogP contribution < -0.4 is 0 Å². The smallest absolute Gasteiger partial charge is 0.310 e. The van der Waals surface area contributed by atoms with Gasteiger partial charge in [0, 0.05) is 11.6 Å². The third kappa shape index (κ3) is 2.43. The van der Waals surface area contributed by atoms with E-state index in [9.17, 15) is 14.3 Å². The van der Waals surface area contributed by atoms with E-state index < -0.39 is 11.8 Å². The number of ether oxygens (including phenoxy) is 1. The summed E-state index contributed by atoms with van der Waals surface area (Å²) in [5.74, 6) is -1.24. The lowest BCUT2D eigenvalue weighted by Gasteiger charge is -2.02. The van der Waals surface area contributed by atoms with Crippen molar-refractivity contribution in [3.63, 3.8) is 0 Å². The molecular weight excluding hydrogens is 175 g/mol. The van der Waals surface area contributed by atoms with Gasteiger partial charge in [0.05, 0.1) is 13.5 Å². The van der Waals surface area contributed by atoms with Gasteiger partial charge in [0.25, 0.3) is 0 Å². The molecule has 0 radical (unpaired) electrons. The zero-order valence-electron chi connectivity index (χ0n) is 7.08. The van der Waals surface area contributed by atoms with Crippen LogP contribution >= 0.6 is 0 Å². The van der Waals surface area contributed by atoms with E-state index in [0.717, 1.165) is 6.07 Å². The molecule has 4 heteroatoms. The molecule has 1 aromatic carbocycles. The second kappa shape index (κ2) is 3.89. The monoisotopic (exact) mass is 184 g/mol. The van der Waals surface area contributed by atoms with E-state index in [0.29, 0.717) is 5.56 Å². The Morgan fingerprint density at radius 3 is 2.85 bits per heavy atom. The average molecular weight is 184 g/mol. The van der Waals surface area contributed by atoms with E-state index in [2.05, 4.69) is 4.74 Å². The van der Waals surface area contributed by atoms with Gasteiger partial charge in [-0.15, -0.1) is 0 Å². The number of carbonyl (C=O) groups excluding carboxylic acids is 1. The normalized spacial score (nSPS) is 9.69. The number of phenolic OH excluding ortho intramolecular Hbond substituents is 1. The van der Waals surface area contributed by atoms with E-state index in [1.54, 1.807) is 0 Å². The number of benzene rings is 1. The highest BCUT2D eigenvalue weighted by atomic mass is 19.1. The molecule has 0 aromatic heterocycles. The fourth-order valence-electron chi connectivity index (χ4n) is 0.914. The number of methoxy groups -OCH3 is 1. The Hall–Kier alpha value is -1.58. The van der Waals surface area contributed by atoms with E-state index in [4.69, 9.17) is 0 Å². The van der Waals surface area contributed by atoms with Gasteiger partial charge in [-0.1, -0.05) is 6.07 Å². The summed E-state index contributed by atoms with van der Waals surface area (Å²) >= 11 is 0.